The molecule has 1 aromatic carbocycles. The number of esters is 1. The predicted octanol–water partition coefficient (Wildman–Crippen LogP) is 1.97. The second-order valence-electron chi connectivity index (χ2n) is 5.44. The third kappa shape index (κ3) is 2.96. The fourth-order valence-corrected chi connectivity index (χ4v) is 4.13. The first-order valence-electron chi connectivity index (χ1n) is 7.04. The van der Waals surface area contributed by atoms with Gasteiger partial charge in [-0.15, -0.1) is 11.8 Å². The molecular weight excluding hydrogens is 290 g/mol. The molecule has 0 aromatic heterocycles. The van der Waals surface area contributed by atoms with Crippen LogP contribution in [0.5, 0.6) is 11.5 Å². The molecule has 1 fully saturated rings. The Morgan fingerprint density at radius 2 is 2.14 bits per heavy atom. The molecule has 5 nitrogen and oxygen atoms in total. The van der Waals surface area contributed by atoms with Gasteiger partial charge in [0.05, 0.1) is 7.11 Å². The van der Waals surface area contributed by atoms with E-state index in [1.807, 2.05) is 18.2 Å². The predicted molar refractivity (Wildman–Crippen MR) is 79.9 cm³/mol. The lowest BCUT2D eigenvalue weighted by Crippen LogP contribution is -2.46. The van der Waals surface area contributed by atoms with Gasteiger partial charge in [0.25, 0.3) is 0 Å². The summed E-state index contributed by atoms with van der Waals surface area (Å²) in [6.45, 7) is 1.18. The minimum Gasteiger partial charge on any atom is -0.486 e. The second kappa shape index (κ2) is 5.77. The third-order valence-electron chi connectivity index (χ3n) is 3.91. The molecule has 1 aromatic rings. The monoisotopic (exact) mass is 309 g/mol. The lowest BCUT2D eigenvalue weighted by Gasteiger charge is -2.21. The SMILES string of the molecule is COC(=O)C1(N)CCC(Sc2ccc3c(c2)OCCO3)C1. The van der Waals surface area contributed by atoms with Gasteiger partial charge in [0.1, 0.15) is 18.8 Å². The Morgan fingerprint density at radius 1 is 1.38 bits per heavy atom. The van der Waals surface area contributed by atoms with E-state index in [1.54, 1.807) is 11.8 Å². The van der Waals surface area contributed by atoms with E-state index < -0.39 is 5.54 Å². The molecule has 0 saturated heterocycles. The summed E-state index contributed by atoms with van der Waals surface area (Å²) in [5, 5.41) is 0.316. The van der Waals surface area contributed by atoms with Crippen LogP contribution >= 0.6 is 11.8 Å². The average Bonchev–Trinajstić information content (AvgIpc) is 2.88. The number of fused-ring (bicyclic) bond motifs is 1. The summed E-state index contributed by atoms with van der Waals surface area (Å²) in [5.41, 5.74) is 5.30. The number of rotatable bonds is 3. The normalized spacial score (nSPS) is 27.4. The summed E-state index contributed by atoms with van der Waals surface area (Å²) in [7, 11) is 1.39. The van der Waals surface area contributed by atoms with Crippen molar-refractivity contribution in [1.29, 1.82) is 0 Å². The van der Waals surface area contributed by atoms with E-state index >= 15 is 0 Å². The van der Waals surface area contributed by atoms with E-state index in [9.17, 15) is 4.79 Å². The second-order valence-corrected chi connectivity index (χ2v) is 6.81. The zero-order valence-electron chi connectivity index (χ0n) is 12.0. The Kier molecular flexibility index (Phi) is 3.99. The van der Waals surface area contributed by atoms with Crippen LogP contribution in [0.2, 0.25) is 0 Å². The molecule has 2 N–H and O–H groups in total. The van der Waals surface area contributed by atoms with Crippen molar-refractivity contribution in [3.63, 3.8) is 0 Å². The van der Waals surface area contributed by atoms with Gasteiger partial charge in [-0.2, -0.15) is 0 Å². The van der Waals surface area contributed by atoms with E-state index in [0.717, 1.165) is 22.8 Å². The Balaban J connectivity index is 1.67. The molecular formula is C15H19NO4S. The van der Waals surface area contributed by atoms with Gasteiger partial charge in [-0.05, 0) is 37.5 Å². The molecule has 0 bridgehead atoms. The van der Waals surface area contributed by atoms with Crippen molar-refractivity contribution in [2.45, 2.75) is 34.9 Å². The molecule has 21 heavy (non-hydrogen) atoms. The van der Waals surface area contributed by atoms with Crippen LogP contribution in [-0.2, 0) is 9.53 Å². The van der Waals surface area contributed by atoms with Gasteiger partial charge in [-0.25, -0.2) is 0 Å². The van der Waals surface area contributed by atoms with Gasteiger partial charge >= 0.3 is 5.97 Å². The highest BCUT2D eigenvalue weighted by molar-refractivity contribution is 8.00. The van der Waals surface area contributed by atoms with E-state index in [1.165, 1.54) is 7.11 Å². The van der Waals surface area contributed by atoms with Crippen molar-refractivity contribution in [3.05, 3.63) is 18.2 Å². The van der Waals surface area contributed by atoms with E-state index in [-0.39, 0.29) is 5.97 Å². The van der Waals surface area contributed by atoms with E-state index in [0.29, 0.717) is 31.3 Å². The number of benzene rings is 1. The fourth-order valence-electron chi connectivity index (χ4n) is 2.81. The van der Waals surface area contributed by atoms with Crippen LogP contribution in [0, 0.1) is 0 Å². The number of thioether (sulfide) groups is 1. The summed E-state index contributed by atoms with van der Waals surface area (Å²) >= 11 is 1.73. The molecule has 6 heteroatoms. The first-order chi connectivity index (χ1) is 10.1. The van der Waals surface area contributed by atoms with Gasteiger partial charge in [0, 0.05) is 10.1 Å². The molecule has 2 atom stereocenters. The van der Waals surface area contributed by atoms with Crippen LogP contribution in [0.1, 0.15) is 19.3 Å². The molecule has 0 amide bonds. The Labute approximate surface area is 128 Å². The Hall–Kier alpha value is -1.40. The summed E-state index contributed by atoms with van der Waals surface area (Å²) in [5.74, 6) is 1.27. The van der Waals surface area contributed by atoms with Crippen LogP contribution < -0.4 is 15.2 Å². The maximum atomic E-state index is 11.7. The number of hydrogen-bond donors (Lipinski definition) is 1. The maximum Gasteiger partial charge on any atom is 0.325 e. The maximum absolute atomic E-state index is 11.7. The lowest BCUT2D eigenvalue weighted by molar-refractivity contribution is -0.146. The molecule has 114 valence electrons. The molecule has 1 saturated carbocycles. The van der Waals surface area contributed by atoms with Crippen LogP contribution in [0.4, 0.5) is 0 Å². The summed E-state index contributed by atoms with van der Waals surface area (Å²) in [6.07, 6.45) is 2.21. The number of carbonyl (C=O) groups is 1. The van der Waals surface area contributed by atoms with Crippen LogP contribution in [0.15, 0.2) is 23.1 Å². The molecule has 1 heterocycles. The Morgan fingerprint density at radius 3 is 2.90 bits per heavy atom. The molecule has 1 aliphatic carbocycles. The van der Waals surface area contributed by atoms with Crippen molar-refractivity contribution in [2.24, 2.45) is 5.73 Å². The van der Waals surface area contributed by atoms with Crippen molar-refractivity contribution in [2.75, 3.05) is 20.3 Å². The van der Waals surface area contributed by atoms with Crippen LogP contribution in [-0.4, -0.2) is 37.1 Å². The molecule has 2 unspecified atom stereocenters. The number of methoxy groups -OCH3 is 1. The topological polar surface area (TPSA) is 70.8 Å². The van der Waals surface area contributed by atoms with Gasteiger partial charge in [-0.1, -0.05) is 0 Å². The van der Waals surface area contributed by atoms with Gasteiger partial charge < -0.3 is 19.9 Å². The van der Waals surface area contributed by atoms with Gasteiger partial charge in [0.15, 0.2) is 11.5 Å². The van der Waals surface area contributed by atoms with Crippen LogP contribution in [0.25, 0.3) is 0 Å². The number of ether oxygens (including phenoxy) is 3. The van der Waals surface area contributed by atoms with Crippen molar-refractivity contribution in [3.8, 4) is 11.5 Å². The first kappa shape index (κ1) is 14.5. The highest BCUT2D eigenvalue weighted by Crippen LogP contribution is 2.42. The summed E-state index contributed by atoms with van der Waals surface area (Å²) in [4.78, 5) is 12.8. The van der Waals surface area contributed by atoms with E-state index in [2.05, 4.69) is 0 Å². The molecule has 2 aliphatic rings. The van der Waals surface area contributed by atoms with Gasteiger partial charge in [0.2, 0.25) is 0 Å². The standard InChI is InChI=1S/C15H19NO4S/c1-18-14(17)15(16)5-4-11(9-15)21-10-2-3-12-13(8-10)20-7-6-19-12/h2-3,8,11H,4-7,9,16H2,1H3. The largest absolute Gasteiger partial charge is 0.486 e. The zero-order chi connectivity index (χ0) is 14.9. The number of nitrogens with two attached hydrogens (primary N) is 1. The zero-order valence-corrected chi connectivity index (χ0v) is 12.8. The van der Waals surface area contributed by atoms with Crippen molar-refractivity contribution >= 4 is 17.7 Å². The van der Waals surface area contributed by atoms with Gasteiger partial charge in [-0.3, -0.25) is 4.79 Å². The smallest absolute Gasteiger partial charge is 0.325 e. The highest BCUT2D eigenvalue weighted by atomic mass is 32.2. The molecule has 0 radical (unpaired) electrons. The Bertz CT molecular complexity index is 550. The number of hydrogen-bond acceptors (Lipinski definition) is 6. The lowest BCUT2D eigenvalue weighted by atomic mass is 10.00. The molecule has 0 spiro atoms. The number of carbonyl (C=O) groups excluding carboxylic acids is 1. The highest BCUT2D eigenvalue weighted by Gasteiger charge is 2.43. The van der Waals surface area contributed by atoms with Crippen LogP contribution in [0.3, 0.4) is 0 Å². The quantitative estimate of drug-likeness (QED) is 0.861. The minimum atomic E-state index is -0.833. The van der Waals surface area contributed by atoms with Crippen molar-refractivity contribution in [1.82, 2.24) is 0 Å². The fraction of sp³-hybridized carbons (Fsp3) is 0.533. The van der Waals surface area contributed by atoms with Crippen molar-refractivity contribution < 1.29 is 19.0 Å². The molecule has 3 rings (SSSR count). The summed E-state index contributed by atoms with van der Waals surface area (Å²) < 4.78 is 15.9. The molecule has 1 aliphatic heterocycles. The minimum absolute atomic E-state index is 0.312. The van der Waals surface area contributed by atoms with E-state index in [4.69, 9.17) is 19.9 Å². The first-order valence-corrected chi connectivity index (χ1v) is 7.92. The summed E-state index contributed by atoms with van der Waals surface area (Å²) in [6, 6.07) is 5.95. The average molecular weight is 309 g/mol. The third-order valence-corrected chi connectivity index (χ3v) is 5.17.